The van der Waals surface area contributed by atoms with Crippen molar-refractivity contribution in [2.75, 3.05) is 0 Å². The SMILES string of the molecule is O=c1[nH]c2ccc(F)cc2[nH]c1=O. The van der Waals surface area contributed by atoms with Gasteiger partial charge in [0.25, 0.3) is 0 Å². The third-order valence-electron chi connectivity index (χ3n) is 1.68. The molecule has 0 aliphatic rings. The molecule has 2 aromatic rings. The van der Waals surface area contributed by atoms with Crippen LogP contribution in [-0.2, 0) is 0 Å². The molecule has 0 aliphatic heterocycles. The Balaban J connectivity index is 2.97. The summed E-state index contributed by atoms with van der Waals surface area (Å²) in [4.78, 5) is 26.2. The zero-order valence-electron chi connectivity index (χ0n) is 6.43. The lowest BCUT2D eigenvalue weighted by Gasteiger charge is -1.95. The minimum Gasteiger partial charge on any atom is -0.316 e. The molecule has 1 heterocycles. The summed E-state index contributed by atoms with van der Waals surface area (Å²) in [6.45, 7) is 0. The fourth-order valence-electron chi connectivity index (χ4n) is 1.09. The summed E-state index contributed by atoms with van der Waals surface area (Å²) in [6.07, 6.45) is 0. The average molecular weight is 180 g/mol. The lowest BCUT2D eigenvalue weighted by Crippen LogP contribution is -2.28. The quantitative estimate of drug-likeness (QED) is 0.574. The molecule has 2 rings (SSSR count). The van der Waals surface area contributed by atoms with Crippen LogP contribution in [0.1, 0.15) is 0 Å². The van der Waals surface area contributed by atoms with Gasteiger partial charge in [-0.3, -0.25) is 9.59 Å². The number of aromatic amines is 2. The molecule has 66 valence electrons. The average Bonchev–Trinajstić information content (AvgIpc) is 2.08. The Kier molecular flexibility index (Phi) is 1.51. The van der Waals surface area contributed by atoms with Crippen LogP contribution in [0.25, 0.3) is 11.0 Å². The normalized spacial score (nSPS) is 10.5. The topological polar surface area (TPSA) is 65.7 Å². The maximum absolute atomic E-state index is 12.7. The van der Waals surface area contributed by atoms with Crippen molar-refractivity contribution in [1.29, 1.82) is 0 Å². The van der Waals surface area contributed by atoms with Crippen molar-refractivity contribution in [2.45, 2.75) is 0 Å². The summed E-state index contributed by atoms with van der Waals surface area (Å²) < 4.78 is 12.7. The van der Waals surface area contributed by atoms with E-state index in [2.05, 4.69) is 9.97 Å². The lowest BCUT2D eigenvalue weighted by atomic mass is 10.3. The highest BCUT2D eigenvalue weighted by molar-refractivity contribution is 5.73. The molecule has 0 bridgehead atoms. The molecular weight excluding hydrogens is 175 g/mol. The predicted octanol–water partition coefficient (Wildman–Crippen LogP) is 0.355. The van der Waals surface area contributed by atoms with Gasteiger partial charge >= 0.3 is 11.1 Å². The zero-order chi connectivity index (χ0) is 9.42. The summed E-state index contributed by atoms with van der Waals surface area (Å²) in [5.41, 5.74) is -0.826. The highest BCUT2D eigenvalue weighted by atomic mass is 19.1. The first-order chi connectivity index (χ1) is 6.16. The van der Waals surface area contributed by atoms with Crippen LogP contribution in [0.15, 0.2) is 27.8 Å². The Labute approximate surface area is 71.0 Å². The third kappa shape index (κ3) is 1.24. The first-order valence-electron chi connectivity index (χ1n) is 3.59. The van der Waals surface area contributed by atoms with Gasteiger partial charge in [-0.2, -0.15) is 0 Å². The van der Waals surface area contributed by atoms with Crippen molar-refractivity contribution in [3.8, 4) is 0 Å². The predicted molar refractivity (Wildman–Crippen MR) is 45.1 cm³/mol. The molecule has 0 saturated carbocycles. The highest BCUT2D eigenvalue weighted by Gasteiger charge is 1.99. The van der Waals surface area contributed by atoms with Crippen LogP contribution in [0.2, 0.25) is 0 Å². The van der Waals surface area contributed by atoms with Crippen LogP contribution < -0.4 is 11.1 Å². The summed E-state index contributed by atoms with van der Waals surface area (Å²) in [5, 5.41) is 0. The van der Waals surface area contributed by atoms with Gasteiger partial charge in [-0.1, -0.05) is 0 Å². The Morgan fingerprint density at radius 1 is 1.00 bits per heavy atom. The molecule has 4 nitrogen and oxygen atoms in total. The summed E-state index contributed by atoms with van der Waals surface area (Å²) >= 11 is 0. The molecule has 13 heavy (non-hydrogen) atoms. The maximum atomic E-state index is 12.7. The van der Waals surface area contributed by atoms with Crippen molar-refractivity contribution in [3.05, 3.63) is 44.7 Å². The monoisotopic (exact) mass is 180 g/mol. The van der Waals surface area contributed by atoms with Crippen molar-refractivity contribution < 1.29 is 4.39 Å². The van der Waals surface area contributed by atoms with Gasteiger partial charge in [0, 0.05) is 0 Å². The molecule has 0 aliphatic carbocycles. The second kappa shape index (κ2) is 2.55. The molecular formula is C8H5FN2O2. The number of fused-ring (bicyclic) bond motifs is 1. The number of nitrogens with one attached hydrogen (secondary N) is 2. The van der Waals surface area contributed by atoms with Crippen LogP contribution in [0.4, 0.5) is 4.39 Å². The van der Waals surface area contributed by atoms with E-state index >= 15 is 0 Å². The Morgan fingerprint density at radius 3 is 2.31 bits per heavy atom. The van der Waals surface area contributed by atoms with Crippen LogP contribution in [0.5, 0.6) is 0 Å². The van der Waals surface area contributed by atoms with Crippen molar-refractivity contribution >= 4 is 11.0 Å². The number of hydrogen-bond donors (Lipinski definition) is 2. The van der Waals surface area contributed by atoms with Gasteiger partial charge < -0.3 is 9.97 Å². The second-order valence-corrected chi connectivity index (χ2v) is 2.60. The standard InChI is InChI=1S/C8H5FN2O2/c9-4-1-2-5-6(3-4)11-8(13)7(12)10-5/h1-3H,(H,10,12)(H,11,13). The molecule has 0 saturated heterocycles. The van der Waals surface area contributed by atoms with Crippen LogP contribution in [0, 0.1) is 5.82 Å². The minimum atomic E-state index is -0.780. The van der Waals surface area contributed by atoms with Crippen molar-refractivity contribution in [3.63, 3.8) is 0 Å². The number of halogens is 1. The maximum Gasteiger partial charge on any atom is 0.314 e. The number of benzene rings is 1. The van der Waals surface area contributed by atoms with E-state index in [1.807, 2.05) is 0 Å². The molecule has 0 amide bonds. The summed E-state index contributed by atoms with van der Waals surface area (Å²) in [7, 11) is 0. The van der Waals surface area contributed by atoms with Crippen molar-refractivity contribution in [2.24, 2.45) is 0 Å². The van der Waals surface area contributed by atoms with Gasteiger partial charge in [0.2, 0.25) is 0 Å². The van der Waals surface area contributed by atoms with Crippen LogP contribution in [0.3, 0.4) is 0 Å². The largest absolute Gasteiger partial charge is 0.316 e. The van der Waals surface area contributed by atoms with Gasteiger partial charge in [-0.15, -0.1) is 0 Å². The molecule has 0 radical (unpaired) electrons. The summed E-state index contributed by atoms with van der Waals surface area (Å²) in [5.74, 6) is -0.463. The number of H-pyrrole nitrogens is 2. The van der Waals surface area contributed by atoms with Gasteiger partial charge in [-0.05, 0) is 18.2 Å². The fourth-order valence-corrected chi connectivity index (χ4v) is 1.09. The van der Waals surface area contributed by atoms with E-state index in [0.717, 1.165) is 6.07 Å². The Hall–Kier alpha value is -1.91. The molecule has 2 N–H and O–H groups in total. The van der Waals surface area contributed by atoms with E-state index < -0.39 is 16.9 Å². The number of aromatic nitrogens is 2. The Bertz CT molecular complexity index is 570. The van der Waals surface area contributed by atoms with Gasteiger partial charge in [0.15, 0.2) is 0 Å². The smallest absolute Gasteiger partial charge is 0.314 e. The first-order valence-corrected chi connectivity index (χ1v) is 3.59. The van der Waals surface area contributed by atoms with Crippen LogP contribution >= 0.6 is 0 Å². The summed E-state index contributed by atoms with van der Waals surface area (Å²) in [6, 6.07) is 3.74. The van der Waals surface area contributed by atoms with E-state index in [1.165, 1.54) is 12.1 Å². The second-order valence-electron chi connectivity index (χ2n) is 2.60. The first kappa shape index (κ1) is 7.72. The molecule has 1 aromatic heterocycles. The molecule has 1 aromatic carbocycles. The van der Waals surface area contributed by atoms with E-state index in [0.29, 0.717) is 5.52 Å². The minimum absolute atomic E-state index is 0.282. The molecule has 0 fully saturated rings. The lowest BCUT2D eigenvalue weighted by molar-refractivity contribution is 0.629. The van der Waals surface area contributed by atoms with Gasteiger partial charge in [-0.25, -0.2) is 4.39 Å². The van der Waals surface area contributed by atoms with E-state index in [4.69, 9.17) is 0 Å². The Morgan fingerprint density at radius 2 is 1.62 bits per heavy atom. The zero-order valence-corrected chi connectivity index (χ0v) is 6.43. The molecule has 0 atom stereocenters. The van der Waals surface area contributed by atoms with Gasteiger partial charge in [0.1, 0.15) is 5.82 Å². The molecule has 0 unspecified atom stereocenters. The number of rotatable bonds is 0. The molecule has 0 spiro atoms. The number of hydrogen-bond acceptors (Lipinski definition) is 2. The van der Waals surface area contributed by atoms with E-state index in [-0.39, 0.29) is 5.52 Å². The van der Waals surface area contributed by atoms with E-state index in [9.17, 15) is 14.0 Å². The fraction of sp³-hybridized carbons (Fsp3) is 0. The highest BCUT2D eigenvalue weighted by Crippen LogP contribution is 2.06. The van der Waals surface area contributed by atoms with E-state index in [1.54, 1.807) is 0 Å². The molecule has 5 heteroatoms. The van der Waals surface area contributed by atoms with Crippen LogP contribution in [-0.4, -0.2) is 9.97 Å². The van der Waals surface area contributed by atoms with Crippen molar-refractivity contribution in [1.82, 2.24) is 9.97 Å². The third-order valence-corrected chi connectivity index (χ3v) is 1.68. The van der Waals surface area contributed by atoms with Gasteiger partial charge in [0.05, 0.1) is 11.0 Å².